The largest absolute Gasteiger partial charge is 0.312 e. The van der Waals surface area contributed by atoms with Gasteiger partial charge in [-0.3, -0.25) is 4.68 Å². The fraction of sp³-hybridized carbons (Fsp3) is 0.769. The van der Waals surface area contributed by atoms with Gasteiger partial charge in [0.25, 0.3) is 0 Å². The quantitative estimate of drug-likeness (QED) is 0.827. The van der Waals surface area contributed by atoms with E-state index in [0.717, 1.165) is 18.8 Å². The third kappa shape index (κ3) is 2.14. The molecule has 0 spiro atoms. The van der Waals surface area contributed by atoms with Gasteiger partial charge in [-0.15, -0.1) is 0 Å². The number of hydrogen-bond acceptors (Lipinski definition) is 2. The smallest absolute Gasteiger partial charge is 0.0641 e. The van der Waals surface area contributed by atoms with E-state index in [2.05, 4.69) is 31.2 Å². The molecule has 0 unspecified atom stereocenters. The van der Waals surface area contributed by atoms with E-state index in [9.17, 15) is 0 Å². The number of aromatic nitrogens is 2. The zero-order chi connectivity index (χ0) is 11.8. The Hall–Kier alpha value is -0.830. The minimum atomic E-state index is 0.629. The lowest BCUT2D eigenvalue weighted by Gasteiger charge is -2.13. The first-order chi connectivity index (χ1) is 7.58. The molecule has 1 aliphatic carbocycles. The maximum atomic E-state index is 4.44. The van der Waals surface area contributed by atoms with Crippen LogP contribution in [-0.2, 0) is 13.6 Å². The van der Waals surface area contributed by atoms with Crippen molar-refractivity contribution < 1.29 is 0 Å². The van der Waals surface area contributed by atoms with Gasteiger partial charge in [0.1, 0.15) is 0 Å². The standard InChI is InChI=1S/C13H23N3/c1-5-13(6-7-13)9-14-8-12-10(2)15-16(4)11(12)3/h14H,5-9H2,1-4H3. The summed E-state index contributed by atoms with van der Waals surface area (Å²) in [6, 6.07) is 0. The van der Waals surface area contributed by atoms with Crippen molar-refractivity contribution in [3.63, 3.8) is 0 Å². The maximum Gasteiger partial charge on any atom is 0.0641 e. The van der Waals surface area contributed by atoms with E-state index in [1.807, 2.05) is 11.7 Å². The predicted molar refractivity (Wildman–Crippen MR) is 66.3 cm³/mol. The summed E-state index contributed by atoms with van der Waals surface area (Å²) in [4.78, 5) is 0. The number of nitrogens with zero attached hydrogens (tertiary/aromatic N) is 2. The van der Waals surface area contributed by atoms with Crippen molar-refractivity contribution in [2.75, 3.05) is 6.54 Å². The lowest BCUT2D eigenvalue weighted by atomic mass is 10.0. The van der Waals surface area contributed by atoms with Crippen LogP contribution in [0, 0.1) is 19.3 Å². The molecule has 0 radical (unpaired) electrons. The van der Waals surface area contributed by atoms with Crippen LogP contribution in [0.1, 0.15) is 43.1 Å². The molecule has 2 rings (SSSR count). The highest BCUT2D eigenvalue weighted by atomic mass is 15.3. The number of aryl methyl sites for hydroxylation is 2. The summed E-state index contributed by atoms with van der Waals surface area (Å²) >= 11 is 0. The average molecular weight is 221 g/mol. The third-order valence-corrected chi connectivity index (χ3v) is 4.17. The molecule has 0 aliphatic heterocycles. The van der Waals surface area contributed by atoms with Gasteiger partial charge in [-0.2, -0.15) is 5.10 Å². The number of nitrogens with one attached hydrogen (secondary N) is 1. The second-order valence-electron chi connectivity index (χ2n) is 5.23. The Labute approximate surface area is 98.2 Å². The van der Waals surface area contributed by atoms with Gasteiger partial charge in [0.15, 0.2) is 0 Å². The summed E-state index contributed by atoms with van der Waals surface area (Å²) in [6.07, 6.45) is 4.12. The average Bonchev–Trinajstić information content (AvgIpc) is 2.99. The summed E-state index contributed by atoms with van der Waals surface area (Å²) < 4.78 is 1.97. The zero-order valence-corrected chi connectivity index (χ0v) is 10.9. The van der Waals surface area contributed by atoms with Gasteiger partial charge in [-0.25, -0.2) is 0 Å². The number of rotatable bonds is 5. The second kappa shape index (κ2) is 4.21. The minimum Gasteiger partial charge on any atom is -0.312 e. The monoisotopic (exact) mass is 221 g/mol. The van der Waals surface area contributed by atoms with Gasteiger partial charge in [0.05, 0.1) is 5.69 Å². The van der Waals surface area contributed by atoms with Gasteiger partial charge >= 0.3 is 0 Å². The lowest BCUT2D eigenvalue weighted by Crippen LogP contribution is -2.23. The normalized spacial score (nSPS) is 17.8. The molecule has 3 nitrogen and oxygen atoms in total. The van der Waals surface area contributed by atoms with Crippen LogP contribution in [0.2, 0.25) is 0 Å². The highest BCUT2D eigenvalue weighted by Crippen LogP contribution is 2.47. The SMILES string of the molecule is CCC1(CNCc2c(C)nn(C)c2C)CC1. The molecule has 1 aromatic rings. The van der Waals surface area contributed by atoms with Crippen molar-refractivity contribution in [1.82, 2.24) is 15.1 Å². The molecule has 0 aromatic carbocycles. The molecule has 1 N–H and O–H groups in total. The van der Waals surface area contributed by atoms with Gasteiger partial charge in [0, 0.05) is 31.4 Å². The van der Waals surface area contributed by atoms with Gasteiger partial charge in [-0.1, -0.05) is 6.92 Å². The molecular weight excluding hydrogens is 198 g/mol. The van der Waals surface area contributed by atoms with E-state index in [0.29, 0.717) is 5.41 Å². The Balaban J connectivity index is 1.90. The van der Waals surface area contributed by atoms with Gasteiger partial charge in [-0.05, 0) is 38.5 Å². The molecule has 0 amide bonds. The van der Waals surface area contributed by atoms with Crippen LogP contribution < -0.4 is 5.32 Å². The highest BCUT2D eigenvalue weighted by molar-refractivity contribution is 5.24. The molecule has 1 aliphatic rings. The molecule has 0 bridgehead atoms. The Kier molecular flexibility index (Phi) is 3.06. The Bertz CT molecular complexity index is 375. The second-order valence-corrected chi connectivity index (χ2v) is 5.23. The summed E-state index contributed by atoms with van der Waals surface area (Å²) in [6.45, 7) is 8.67. The molecule has 1 fully saturated rings. The van der Waals surface area contributed by atoms with Gasteiger partial charge in [0.2, 0.25) is 0 Å². The van der Waals surface area contributed by atoms with Crippen LogP contribution in [0.5, 0.6) is 0 Å². The predicted octanol–water partition coefficient (Wildman–Crippen LogP) is 2.32. The van der Waals surface area contributed by atoms with Crippen LogP contribution in [-0.4, -0.2) is 16.3 Å². The zero-order valence-electron chi connectivity index (χ0n) is 10.9. The summed E-state index contributed by atoms with van der Waals surface area (Å²) in [7, 11) is 2.01. The lowest BCUT2D eigenvalue weighted by molar-refractivity contribution is 0.443. The maximum absolute atomic E-state index is 4.44. The van der Waals surface area contributed by atoms with Crippen LogP contribution in [0.4, 0.5) is 0 Å². The Morgan fingerprint density at radius 1 is 1.38 bits per heavy atom. The van der Waals surface area contributed by atoms with Crippen LogP contribution >= 0.6 is 0 Å². The molecule has 0 atom stereocenters. The fourth-order valence-electron chi connectivity index (χ4n) is 2.36. The van der Waals surface area contributed by atoms with Gasteiger partial charge < -0.3 is 5.32 Å². The summed E-state index contributed by atoms with van der Waals surface area (Å²) in [5.41, 5.74) is 4.44. The van der Waals surface area contributed by atoms with Crippen LogP contribution in [0.3, 0.4) is 0 Å². The van der Waals surface area contributed by atoms with E-state index in [-0.39, 0.29) is 0 Å². The van der Waals surface area contributed by atoms with Crippen molar-refractivity contribution in [3.05, 3.63) is 17.0 Å². The van der Waals surface area contributed by atoms with Crippen molar-refractivity contribution in [1.29, 1.82) is 0 Å². The van der Waals surface area contributed by atoms with Crippen molar-refractivity contribution in [2.24, 2.45) is 12.5 Å². The first-order valence-corrected chi connectivity index (χ1v) is 6.28. The Morgan fingerprint density at radius 2 is 2.06 bits per heavy atom. The first-order valence-electron chi connectivity index (χ1n) is 6.28. The molecule has 0 saturated heterocycles. The molecule has 1 saturated carbocycles. The molecule has 1 heterocycles. The van der Waals surface area contributed by atoms with E-state index >= 15 is 0 Å². The topological polar surface area (TPSA) is 29.9 Å². The molecule has 16 heavy (non-hydrogen) atoms. The molecule has 1 aromatic heterocycles. The van der Waals surface area contributed by atoms with E-state index in [4.69, 9.17) is 0 Å². The van der Waals surface area contributed by atoms with Crippen molar-refractivity contribution in [2.45, 2.75) is 46.6 Å². The molecular formula is C13H23N3. The van der Waals surface area contributed by atoms with Crippen LogP contribution in [0.25, 0.3) is 0 Å². The van der Waals surface area contributed by atoms with Crippen LogP contribution in [0.15, 0.2) is 0 Å². The summed E-state index contributed by atoms with van der Waals surface area (Å²) in [5.74, 6) is 0. The van der Waals surface area contributed by atoms with Crippen molar-refractivity contribution in [3.8, 4) is 0 Å². The Morgan fingerprint density at radius 3 is 2.50 bits per heavy atom. The molecule has 90 valence electrons. The number of hydrogen-bond donors (Lipinski definition) is 1. The minimum absolute atomic E-state index is 0.629. The van der Waals surface area contributed by atoms with E-state index < -0.39 is 0 Å². The van der Waals surface area contributed by atoms with E-state index in [1.54, 1.807) is 0 Å². The third-order valence-electron chi connectivity index (χ3n) is 4.17. The van der Waals surface area contributed by atoms with E-state index in [1.165, 1.54) is 30.5 Å². The molecule has 3 heteroatoms. The first kappa shape index (κ1) is 11.6. The highest BCUT2D eigenvalue weighted by Gasteiger charge is 2.39. The summed E-state index contributed by atoms with van der Waals surface area (Å²) in [5, 5.41) is 8.04. The fourth-order valence-corrected chi connectivity index (χ4v) is 2.36. The van der Waals surface area contributed by atoms with Crippen molar-refractivity contribution >= 4 is 0 Å².